The summed E-state index contributed by atoms with van der Waals surface area (Å²) in [6.07, 6.45) is 9.40. The summed E-state index contributed by atoms with van der Waals surface area (Å²) < 4.78 is 5.19. The first-order valence-corrected chi connectivity index (χ1v) is 7.38. The number of nitrogens with two attached hydrogens (primary N) is 1. The lowest BCUT2D eigenvalue weighted by molar-refractivity contribution is 0.295. The molecular weight excluding hydrogens is 248 g/mol. The maximum Gasteiger partial charge on any atom is 0.0935 e. The van der Waals surface area contributed by atoms with Gasteiger partial charge in [-0.25, -0.2) is 0 Å². The van der Waals surface area contributed by atoms with Gasteiger partial charge in [-0.3, -0.25) is 11.3 Å². The molecule has 0 aliphatic heterocycles. The molecule has 3 nitrogen and oxygen atoms in total. The molecule has 1 aliphatic rings. The number of hydrogen-bond acceptors (Lipinski definition) is 3. The minimum Gasteiger partial charge on any atom is -0.472 e. The molecule has 1 aromatic heterocycles. The van der Waals surface area contributed by atoms with E-state index in [9.17, 15) is 0 Å². The van der Waals surface area contributed by atoms with Crippen LogP contribution >= 0.6 is 0 Å². The van der Waals surface area contributed by atoms with Crippen molar-refractivity contribution in [2.75, 3.05) is 0 Å². The van der Waals surface area contributed by atoms with E-state index >= 15 is 0 Å². The lowest BCUT2D eigenvalue weighted by Gasteiger charge is -2.38. The third-order valence-corrected chi connectivity index (χ3v) is 4.73. The number of rotatable bonds is 5. The van der Waals surface area contributed by atoms with E-state index in [1.54, 1.807) is 6.26 Å². The zero-order valence-electron chi connectivity index (χ0n) is 11.7. The first kappa shape index (κ1) is 13.4. The van der Waals surface area contributed by atoms with Gasteiger partial charge >= 0.3 is 0 Å². The Balaban J connectivity index is 1.92. The number of nitrogens with one attached hydrogen (secondary N) is 1. The van der Waals surface area contributed by atoms with Crippen molar-refractivity contribution in [3.05, 3.63) is 60.1 Å². The van der Waals surface area contributed by atoms with Crippen LogP contribution in [0.15, 0.2) is 53.3 Å². The highest BCUT2D eigenvalue weighted by molar-refractivity contribution is 5.30. The van der Waals surface area contributed by atoms with E-state index in [2.05, 4.69) is 35.8 Å². The quantitative estimate of drug-likeness (QED) is 0.648. The van der Waals surface area contributed by atoms with Crippen molar-refractivity contribution >= 4 is 0 Å². The molecule has 1 unspecified atom stereocenters. The second kappa shape index (κ2) is 5.81. The van der Waals surface area contributed by atoms with Crippen molar-refractivity contribution in [2.24, 2.45) is 5.84 Å². The molecule has 3 N–H and O–H groups in total. The molecule has 0 spiro atoms. The second-order valence-electron chi connectivity index (χ2n) is 5.78. The summed E-state index contributed by atoms with van der Waals surface area (Å²) in [7, 11) is 0. The Morgan fingerprint density at radius 2 is 1.90 bits per heavy atom. The van der Waals surface area contributed by atoms with E-state index in [1.807, 2.05) is 12.3 Å². The molecular formula is C17H22N2O. The van der Waals surface area contributed by atoms with Crippen LogP contribution in [-0.2, 0) is 11.8 Å². The molecule has 1 aliphatic carbocycles. The monoisotopic (exact) mass is 270 g/mol. The minimum atomic E-state index is 0.146. The minimum absolute atomic E-state index is 0.146. The van der Waals surface area contributed by atoms with Crippen molar-refractivity contribution in [3.8, 4) is 0 Å². The van der Waals surface area contributed by atoms with E-state index in [-0.39, 0.29) is 11.5 Å². The lowest BCUT2D eigenvalue weighted by Crippen LogP contribution is -2.51. The third kappa shape index (κ3) is 2.39. The van der Waals surface area contributed by atoms with Gasteiger partial charge in [0.2, 0.25) is 0 Å². The van der Waals surface area contributed by atoms with E-state index in [0.717, 1.165) is 6.42 Å². The number of benzene rings is 1. The predicted octanol–water partition coefficient (Wildman–Crippen LogP) is 3.17. The first-order valence-electron chi connectivity index (χ1n) is 7.38. The Kier molecular flexibility index (Phi) is 3.90. The summed E-state index contributed by atoms with van der Waals surface area (Å²) in [4.78, 5) is 0. The largest absolute Gasteiger partial charge is 0.472 e. The van der Waals surface area contributed by atoms with Crippen LogP contribution in [0.2, 0.25) is 0 Å². The van der Waals surface area contributed by atoms with Crippen LogP contribution in [0.5, 0.6) is 0 Å². The van der Waals surface area contributed by atoms with Gasteiger partial charge in [-0.15, -0.1) is 0 Å². The van der Waals surface area contributed by atoms with Gasteiger partial charge in [0.05, 0.1) is 12.5 Å². The Hall–Kier alpha value is -1.58. The highest BCUT2D eigenvalue weighted by Crippen LogP contribution is 2.44. The standard InChI is InChI=1S/C17H22N2O/c18-19-16(12-14-8-11-20-13-14)17(9-4-5-10-17)15-6-2-1-3-7-15/h1-3,6-8,11,13,16,19H,4-5,9-10,12,18H2. The maximum atomic E-state index is 5.91. The van der Waals surface area contributed by atoms with Gasteiger partial charge in [-0.2, -0.15) is 0 Å². The van der Waals surface area contributed by atoms with Crippen molar-refractivity contribution in [3.63, 3.8) is 0 Å². The van der Waals surface area contributed by atoms with Gasteiger partial charge < -0.3 is 4.42 Å². The molecule has 0 radical (unpaired) electrons. The van der Waals surface area contributed by atoms with Gasteiger partial charge in [0.25, 0.3) is 0 Å². The SMILES string of the molecule is NNC(Cc1ccoc1)C1(c2ccccc2)CCCC1. The van der Waals surface area contributed by atoms with Crippen LogP contribution in [-0.4, -0.2) is 6.04 Å². The average molecular weight is 270 g/mol. The van der Waals surface area contributed by atoms with Crippen LogP contribution in [0.1, 0.15) is 36.8 Å². The fraction of sp³-hybridized carbons (Fsp3) is 0.412. The van der Waals surface area contributed by atoms with E-state index in [1.165, 1.54) is 36.8 Å². The summed E-state index contributed by atoms with van der Waals surface area (Å²) in [5, 5.41) is 0. The normalized spacial score (nSPS) is 19.1. The summed E-state index contributed by atoms with van der Waals surface area (Å²) >= 11 is 0. The smallest absolute Gasteiger partial charge is 0.0935 e. The van der Waals surface area contributed by atoms with Gasteiger partial charge in [-0.05, 0) is 36.5 Å². The van der Waals surface area contributed by atoms with Crippen LogP contribution in [0.4, 0.5) is 0 Å². The van der Waals surface area contributed by atoms with E-state index < -0.39 is 0 Å². The molecule has 1 heterocycles. The molecule has 0 saturated heterocycles. The molecule has 3 heteroatoms. The molecule has 1 aromatic carbocycles. The molecule has 2 aromatic rings. The van der Waals surface area contributed by atoms with Gasteiger partial charge in [0.1, 0.15) is 0 Å². The van der Waals surface area contributed by atoms with Crippen molar-refractivity contribution < 1.29 is 4.42 Å². The topological polar surface area (TPSA) is 51.2 Å². The van der Waals surface area contributed by atoms with Crippen molar-refractivity contribution in [1.29, 1.82) is 0 Å². The molecule has 3 rings (SSSR count). The number of hydrogen-bond donors (Lipinski definition) is 2. The van der Waals surface area contributed by atoms with Crippen LogP contribution in [0.3, 0.4) is 0 Å². The first-order chi connectivity index (χ1) is 9.85. The zero-order chi connectivity index (χ0) is 13.8. The molecule has 0 amide bonds. The second-order valence-corrected chi connectivity index (χ2v) is 5.78. The molecule has 20 heavy (non-hydrogen) atoms. The van der Waals surface area contributed by atoms with E-state index in [0.29, 0.717) is 0 Å². The Morgan fingerprint density at radius 3 is 2.50 bits per heavy atom. The molecule has 1 fully saturated rings. The summed E-state index contributed by atoms with van der Waals surface area (Å²) in [5.41, 5.74) is 5.84. The van der Waals surface area contributed by atoms with Gasteiger partial charge in [0.15, 0.2) is 0 Å². The number of furan rings is 1. The Morgan fingerprint density at radius 1 is 1.15 bits per heavy atom. The third-order valence-electron chi connectivity index (χ3n) is 4.73. The van der Waals surface area contributed by atoms with Gasteiger partial charge in [-0.1, -0.05) is 43.2 Å². The average Bonchev–Trinajstić information content (AvgIpc) is 3.18. The molecule has 0 bridgehead atoms. The highest BCUT2D eigenvalue weighted by atomic mass is 16.3. The predicted molar refractivity (Wildman–Crippen MR) is 80.1 cm³/mol. The van der Waals surface area contributed by atoms with E-state index in [4.69, 9.17) is 10.3 Å². The summed E-state index contributed by atoms with van der Waals surface area (Å²) in [5.74, 6) is 5.91. The van der Waals surface area contributed by atoms with Crippen molar-refractivity contribution in [2.45, 2.75) is 43.6 Å². The fourth-order valence-electron chi connectivity index (χ4n) is 3.67. The summed E-state index contributed by atoms with van der Waals surface area (Å²) in [6, 6.07) is 13.1. The Bertz CT molecular complexity index is 515. The lowest BCUT2D eigenvalue weighted by atomic mass is 9.71. The molecule has 106 valence electrons. The maximum absolute atomic E-state index is 5.91. The number of hydrazine groups is 1. The summed E-state index contributed by atoms with van der Waals surface area (Å²) in [6.45, 7) is 0. The van der Waals surface area contributed by atoms with Gasteiger partial charge in [0, 0.05) is 11.5 Å². The van der Waals surface area contributed by atoms with Crippen molar-refractivity contribution in [1.82, 2.24) is 5.43 Å². The Labute approximate surface area is 120 Å². The van der Waals surface area contributed by atoms with Crippen LogP contribution in [0.25, 0.3) is 0 Å². The molecule has 1 saturated carbocycles. The zero-order valence-corrected chi connectivity index (χ0v) is 11.7. The van der Waals surface area contributed by atoms with Crippen LogP contribution < -0.4 is 11.3 Å². The fourth-order valence-corrected chi connectivity index (χ4v) is 3.67. The highest BCUT2D eigenvalue weighted by Gasteiger charge is 2.42. The molecule has 1 atom stereocenters. The van der Waals surface area contributed by atoms with Crippen LogP contribution in [0, 0.1) is 0 Å².